The van der Waals surface area contributed by atoms with E-state index in [4.69, 9.17) is 0 Å². The molecule has 0 bridgehead atoms. The van der Waals surface area contributed by atoms with Gasteiger partial charge in [0.1, 0.15) is 23.1 Å². The summed E-state index contributed by atoms with van der Waals surface area (Å²) in [5, 5.41) is 2.99. The Balaban J connectivity index is 1.07. The fraction of sp³-hybridized carbons (Fsp3) is 0.355. The van der Waals surface area contributed by atoms with Gasteiger partial charge in [-0.3, -0.25) is 24.3 Å². The number of carbonyl (C=O) groups is 3. The average molecular weight is 565 g/mol. The Labute approximate surface area is 236 Å². The van der Waals surface area contributed by atoms with Crippen LogP contribution in [-0.2, 0) is 6.54 Å². The lowest BCUT2D eigenvalue weighted by atomic mass is 9.88. The van der Waals surface area contributed by atoms with Crippen LogP contribution in [0.3, 0.4) is 0 Å². The second kappa shape index (κ2) is 12.6. The number of aromatic nitrogens is 1. The van der Waals surface area contributed by atoms with Crippen LogP contribution in [0, 0.1) is 23.4 Å². The fourth-order valence-electron chi connectivity index (χ4n) is 5.49. The molecule has 0 unspecified atom stereocenters. The van der Waals surface area contributed by atoms with Crippen molar-refractivity contribution in [2.75, 3.05) is 26.2 Å². The smallest absolute Gasteiger partial charge is 0.270 e. The molecule has 2 aliphatic rings. The van der Waals surface area contributed by atoms with Crippen molar-refractivity contribution < 1.29 is 27.6 Å². The molecule has 10 heteroatoms. The Kier molecular flexibility index (Phi) is 8.78. The molecule has 7 nitrogen and oxygen atoms in total. The van der Waals surface area contributed by atoms with Crippen molar-refractivity contribution in [2.24, 2.45) is 5.92 Å². The Bertz CT molecular complexity index is 1380. The topological polar surface area (TPSA) is 82.6 Å². The second-order valence-electron chi connectivity index (χ2n) is 10.7. The zero-order valence-electron chi connectivity index (χ0n) is 22.5. The van der Waals surface area contributed by atoms with Crippen LogP contribution in [0.25, 0.3) is 0 Å². The SMILES string of the molecule is O=C(NC1CCN(Cc2cc(F)cc(F)c2)CC1)c1ccc(C(=O)N2CCC(C(=O)c3ccc(F)cc3)CC2)cn1. The number of nitrogens with zero attached hydrogens (tertiary/aromatic N) is 3. The quantitative estimate of drug-likeness (QED) is 0.424. The van der Waals surface area contributed by atoms with Gasteiger partial charge in [0, 0.05) is 62.5 Å². The largest absolute Gasteiger partial charge is 0.348 e. The van der Waals surface area contributed by atoms with Gasteiger partial charge >= 0.3 is 0 Å². The fourth-order valence-corrected chi connectivity index (χ4v) is 5.49. The molecule has 1 aromatic heterocycles. The van der Waals surface area contributed by atoms with E-state index in [9.17, 15) is 27.6 Å². The summed E-state index contributed by atoms with van der Waals surface area (Å²) in [5.41, 5.74) is 1.63. The van der Waals surface area contributed by atoms with Gasteiger partial charge in [-0.05, 0) is 79.8 Å². The number of amides is 2. The zero-order chi connectivity index (χ0) is 28.9. The molecule has 2 saturated heterocycles. The Morgan fingerprint density at radius 3 is 2.02 bits per heavy atom. The molecule has 2 amide bonds. The van der Waals surface area contributed by atoms with Crippen LogP contribution in [-0.4, -0.2) is 64.6 Å². The molecule has 3 aromatic rings. The molecule has 0 aliphatic carbocycles. The van der Waals surface area contributed by atoms with Gasteiger partial charge in [0.05, 0.1) is 5.56 Å². The van der Waals surface area contributed by atoms with Gasteiger partial charge in [-0.25, -0.2) is 13.2 Å². The summed E-state index contributed by atoms with van der Waals surface area (Å²) in [6, 6.07) is 12.1. The Hall–Kier alpha value is -4.05. The van der Waals surface area contributed by atoms with Gasteiger partial charge in [-0.15, -0.1) is 0 Å². The number of hydrogen-bond donors (Lipinski definition) is 1. The third kappa shape index (κ3) is 7.18. The molecular weight excluding hydrogens is 533 g/mol. The summed E-state index contributed by atoms with van der Waals surface area (Å²) in [6.07, 6.45) is 3.83. The maximum absolute atomic E-state index is 13.5. The second-order valence-corrected chi connectivity index (χ2v) is 10.7. The first-order chi connectivity index (χ1) is 19.7. The molecule has 2 fully saturated rings. The van der Waals surface area contributed by atoms with Crippen molar-refractivity contribution in [2.45, 2.75) is 38.3 Å². The molecule has 214 valence electrons. The molecule has 2 aromatic carbocycles. The van der Waals surface area contributed by atoms with Gasteiger partial charge in [0.25, 0.3) is 11.8 Å². The maximum atomic E-state index is 13.5. The lowest BCUT2D eigenvalue weighted by Gasteiger charge is -2.32. The first kappa shape index (κ1) is 28.5. The molecule has 0 saturated carbocycles. The maximum Gasteiger partial charge on any atom is 0.270 e. The zero-order valence-corrected chi connectivity index (χ0v) is 22.5. The van der Waals surface area contributed by atoms with Crippen molar-refractivity contribution in [3.05, 3.63) is 101 Å². The first-order valence-corrected chi connectivity index (χ1v) is 13.8. The molecular formula is C31H31F3N4O3. The van der Waals surface area contributed by atoms with E-state index in [-0.39, 0.29) is 35.3 Å². The van der Waals surface area contributed by atoms with Gasteiger partial charge in [-0.2, -0.15) is 0 Å². The van der Waals surface area contributed by atoms with Gasteiger partial charge in [0.15, 0.2) is 5.78 Å². The number of nitrogens with one attached hydrogen (secondary N) is 1. The van der Waals surface area contributed by atoms with Crippen molar-refractivity contribution in [3.63, 3.8) is 0 Å². The lowest BCUT2D eigenvalue weighted by molar-refractivity contribution is 0.0649. The summed E-state index contributed by atoms with van der Waals surface area (Å²) >= 11 is 0. The molecule has 0 atom stereocenters. The van der Waals surface area contributed by atoms with E-state index in [0.717, 1.165) is 6.07 Å². The van der Waals surface area contributed by atoms with Crippen LogP contribution in [0.4, 0.5) is 13.2 Å². The minimum atomic E-state index is -0.595. The Morgan fingerprint density at radius 1 is 0.780 bits per heavy atom. The number of piperidine rings is 2. The van der Waals surface area contributed by atoms with Crippen molar-refractivity contribution in [3.8, 4) is 0 Å². The van der Waals surface area contributed by atoms with E-state index in [2.05, 4.69) is 15.2 Å². The highest BCUT2D eigenvalue weighted by Gasteiger charge is 2.29. The summed E-state index contributed by atoms with van der Waals surface area (Å²) in [5.74, 6) is -2.37. The molecule has 0 radical (unpaired) electrons. The van der Waals surface area contributed by atoms with Crippen LogP contribution in [0.15, 0.2) is 60.8 Å². The molecule has 41 heavy (non-hydrogen) atoms. The highest BCUT2D eigenvalue weighted by Crippen LogP contribution is 2.23. The van der Waals surface area contributed by atoms with Crippen LogP contribution in [0.2, 0.25) is 0 Å². The average Bonchev–Trinajstić information content (AvgIpc) is 2.97. The number of ketones is 1. The predicted octanol–water partition coefficient (Wildman–Crippen LogP) is 4.63. The number of likely N-dealkylation sites (tertiary alicyclic amines) is 2. The van der Waals surface area contributed by atoms with E-state index >= 15 is 0 Å². The summed E-state index contributed by atoms with van der Waals surface area (Å²) in [7, 11) is 0. The molecule has 0 spiro atoms. The minimum absolute atomic E-state index is 0.0400. The van der Waals surface area contributed by atoms with Crippen molar-refractivity contribution in [1.29, 1.82) is 0 Å². The normalized spacial score (nSPS) is 16.9. The molecule has 2 aliphatic heterocycles. The lowest BCUT2D eigenvalue weighted by Crippen LogP contribution is -2.44. The molecule has 3 heterocycles. The van der Waals surface area contributed by atoms with E-state index < -0.39 is 17.5 Å². The van der Waals surface area contributed by atoms with Crippen LogP contribution >= 0.6 is 0 Å². The highest BCUT2D eigenvalue weighted by molar-refractivity contribution is 5.99. The predicted molar refractivity (Wildman–Crippen MR) is 146 cm³/mol. The van der Waals surface area contributed by atoms with Crippen LogP contribution in [0.5, 0.6) is 0 Å². The van der Waals surface area contributed by atoms with E-state index in [1.807, 2.05) is 0 Å². The summed E-state index contributed by atoms with van der Waals surface area (Å²) < 4.78 is 40.1. The van der Waals surface area contributed by atoms with Crippen molar-refractivity contribution in [1.82, 2.24) is 20.1 Å². The van der Waals surface area contributed by atoms with E-state index in [1.165, 1.54) is 48.7 Å². The highest BCUT2D eigenvalue weighted by atomic mass is 19.1. The van der Waals surface area contributed by atoms with Crippen LogP contribution in [0.1, 0.15) is 62.5 Å². The van der Waals surface area contributed by atoms with Gasteiger partial charge in [0.2, 0.25) is 0 Å². The Morgan fingerprint density at radius 2 is 1.41 bits per heavy atom. The number of halogens is 3. The minimum Gasteiger partial charge on any atom is -0.348 e. The number of carbonyl (C=O) groups excluding carboxylic acids is 3. The third-order valence-corrected chi connectivity index (χ3v) is 7.78. The van der Waals surface area contributed by atoms with Gasteiger partial charge < -0.3 is 10.2 Å². The third-order valence-electron chi connectivity index (χ3n) is 7.78. The number of benzene rings is 2. The monoisotopic (exact) mass is 564 g/mol. The molecule has 1 N–H and O–H groups in total. The number of Topliss-reactive ketones (excluding diaryl/α,β-unsaturated/α-hetero) is 1. The summed E-state index contributed by atoms with van der Waals surface area (Å²) in [4.78, 5) is 46.5. The van der Waals surface area contributed by atoms with E-state index in [1.54, 1.807) is 11.0 Å². The molecule has 5 rings (SSSR count). The number of rotatable bonds is 7. The summed E-state index contributed by atoms with van der Waals surface area (Å²) in [6.45, 7) is 2.64. The van der Waals surface area contributed by atoms with Gasteiger partial charge in [-0.1, -0.05) is 0 Å². The first-order valence-electron chi connectivity index (χ1n) is 13.8. The van der Waals surface area contributed by atoms with Crippen LogP contribution < -0.4 is 5.32 Å². The van der Waals surface area contributed by atoms with E-state index in [0.29, 0.717) is 75.1 Å². The number of hydrogen-bond acceptors (Lipinski definition) is 5. The standard InChI is InChI=1S/C31H31F3N4O3/c32-24-4-1-21(2-5-24)29(39)22-7-13-38(14-8-22)31(41)23-3-6-28(35-18-23)30(40)36-27-9-11-37(12-10-27)19-20-15-25(33)17-26(34)16-20/h1-6,15-18,22,27H,7-14,19H2,(H,36,40). The number of pyridine rings is 1. The van der Waals surface area contributed by atoms with Crippen molar-refractivity contribution >= 4 is 17.6 Å².